The van der Waals surface area contributed by atoms with Gasteiger partial charge in [0.2, 0.25) is 0 Å². The first-order valence-electron chi connectivity index (χ1n) is 5.93. The van der Waals surface area contributed by atoms with E-state index >= 15 is 0 Å². The summed E-state index contributed by atoms with van der Waals surface area (Å²) >= 11 is 1.65. The van der Waals surface area contributed by atoms with Gasteiger partial charge in [-0.2, -0.15) is 0 Å². The minimum Gasteiger partial charge on any atom is -0.493 e. The van der Waals surface area contributed by atoms with Crippen LogP contribution in [0.1, 0.15) is 19.4 Å². The van der Waals surface area contributed by atoms with Gasteiger partial charge in [-0.3, -0.25) is 0 Å². The molecule has 0 spiro atoms. The Kier molecular flexibility index (Phi) is 6.22. The highest BCUT2D eigenvalue weighted by Gasteiger charge is 2.12. The van der Waals surface area contributed by atoms with Crippen molar-refractivity contribution in [2.45, 2.75) is 25.2 Å². The fourth-order valence-corrected chi connectivity index (χ4v) is 2.31. The summed E-state index contributed by atoms with van der Waals surface area (Å²) in [5, 5.41) is 0. The van der Waals surface area contributed by atoms with Crippen molar-refractivity contribution in [1.29, 1.82) is 0 Å². The Bertz CT molecular complexity index is 328. The van der Waals surface area contributed by atoms with Gasteiger partial charge in [0.05, 0.1) is 18.1 Å². The first-order chi connectivity index (χ1) is 8.26. The molecule has 0 aliphatic carbocycles. The van der Waals surface area contributed by atoms with E-state index in [1.54, 1.807) is 11.8 Å². The van der Waals surface area contributed by atoms with Gasteiger partial charge in [0.25, 0.3) is 0 Å². The standard InChI is InChI=1S/C13H21NO2S/c1-4-15-11-8-10(6-7-14)9-12(16-5-2)13(11)17-3/h8-9H,4-7,14H2,1-3H3. The molecule has 3 nitrogen and oxygen atoms in total. The summed E-state index contributed by atoms with van der Waals surface area (Å²) in [6.45, 7) is 5.92. The normalized spacial score (nSPS) is 10.4. The lowest BCUT2D eigenvalue weighted by Gasteiger charge is -2.15. The molecule has 0 heterocycles. The summed E-state index contributed by atoms with van der Waals surface area (Å²) in [5.74, 6) is 1.80. The average molecular weight is 255 g/mol. The van der Waals surface area contributed by atoms with Gasteiger partial charge >= 0.3 is 0 Å². The van der Waals surface area contributed by atoms with E-state index in [9.17, 15) is 0 Å². The molecule has 4 heteroatoms. The van der Waals surface area contributed by atoms with Gasteiger partial charge in [-0.1, -0.05) is 0 Å². The van der Waals surface area contributed by atoms with Gasteiger partial charge in [0, 0.05) is 0 Å². The van der Waals surface area contributed by atoms with Crippen LogP contribution in [-0.4, -0.2) is 26.0 Å². The molecule has 2 N–H and O–H groups in total. The molecule has 0 aliphatic rings. The Labute approximate surface area is 108 Å². The molecule has 0 fully saturated rings. The minimum absolute atomic E-state index is 0.635. The van der Waals surface area contributed by atoms with Gasteiger partial charge in [-0.25, -0.2) is 0 Å². The number of benzene rings is 1. The molecule has 17 heavy (non-hydrogen) atoms. The number of hydrogen-bond donors (Lipinski definition) is 1. The van der Waals surface area contributed by atoms with Gasteiger partial charge in [0.1, 0.15) is 11.5 Å². The third-order valence-electron chi connectivity index (χ3n) is 2.32. The van der Waals surface area contributed by atoms with Crippen molar-refractivity contribution >= 4 is 11.8 Å². The van der Waals surface area contributed by atoms with E-state index in [0.29, 0.717) is 19.8 Å². The van der Waals surface area contributed by atoms with E-state index in [1.807, 2.05) is 20.1 Å². The summed E-state index contributed by atoms with van der Waals surface area (Å²) in [6.07, 6.45) is 2.87. The topological polar surface area (TPSA) is 44.5 Å². The number of thioether (sulfide) groups is 1. The van der Waals surface area contributed by atoms with Crippen LogP contribution in [0.15, 0.2) is 17.0 Å². The smallest absolute Gasteiger partial charge is 0.136 e. The average Bonchev–Trinajstić information content (AvgIpc) is 2.30. The lowest BCUT2D eigenvalue weighted by molar-refractivity contribution is 0.308. The van der Waals surface area contributed by atoms with Crippen LogP contribution in [0.3, 0.4) is 0 Å². The number of ether oxygens (including phenoxy) is 2. The third kappa shape index (κ3) is 3.82. The maximum Gasteiger partial charge on any atom is 0.136 e. The Morgan fingerprint density at radius 2 is 1.65 bits per heavy atom. The van der Waals surface area contributed by atoms with Crippen molar-refractivity contribution in [2.24, 2.45) is 5.73 Å². The van der Waals surface area contributed by atoms with Crippen molar-refractivity contribution in [3.63, 3.8) is 0 Å². The van der Waals surface area contributed by atoms with Crippen molar-refractivity contribution in [3.8, 4) is 11.5 Å². The maximum absolute atomic E-state index is 5.66. The van der Waals surface area contributed by atoms with Crippen LogP contribution in [0.2, 0.25) is 0 Å². The Hall–Kier alpha value is -0.870. The molecule has 0 aromatic heterocycles. The molecule has 0 aliphatic heterocycles. The van der Waals surface area contributed by atoms with Crippen LogP contribution in [0.5, 0.6) is 11.5 Å². The lowest BCUT2D eigenvalue weighted by Crippen LogP contribution is -2.05. The molecular formula is C13H21NO2S. The van der Waals surface area contributed by atoms with Gasteiger partial charge in [-0.05, 0) is 50.8 Å². The molecule has 1 rings (SSSR count). The predicted molar refractivity (Wildman–Crippen MR) is 73.3 cm³/mol. The second kappa shape index (κ2) is 7.45. The summed E-state index contributed by atoms with van der Waals surface area (Å²) in [5.41, 5.74) is 6.76. The van der Waals surface area contributed by atoms with Crippen LogP contribution >= 0.6 is 11.8 Å². The Balaban J connectivity index is 3.14. The molecule has 0 amide bonds. The zero-order valence-corrected chi connectivity index (χ0v) is 11.6. The third-order valence-corrected chi connectivity index (χ3v) is 3.13. The van der Waals surface area contributed by atoms with E-state index in [4.69, 9.17) is 15.2 Å². The van der Waals surface area contributed by atoms with Crippen LogP contribution in [0, 0.1) is 0 Å². The molecule has 0 atom stereocenters. The summed E-state index contributed by atoms with van der Waals surface area (Å²) in [7, 11) is 0. The van der Waals surface area contributed by atoms with E-state index in [1.165, 1.54) is 0 Å². The zero-order chi connectivity index (χ0) is 12.7. The summed E-state index contributed by atoms with van der Waals surface area (Å²) < 4.78 is 11.3. The number of nitrogens with two attached hydrogens (primary N) is 1. The van der Waals surface area contributed by atoms with Crippen LogP contribution in [0.25, 0.3) is 0 Å². The minimum atomic E-state index is 0.635. The number of rotatable bonds is 7. The summed E-state index contributed by atoms with van der Waals surface area (Å²) in [6, 6.07) is 4.12. The maximum atomic E-state index is 5.66. The van der Waals surface area contributed by atoms with Gasteiger partial charge in [0.15, 0.2) is 0 Å². The second-order valence-corrected chi connectivity index (χ2v) is 4.35. The monoisotopic (exact) mass is 255 g/mol. The molecule has 0 saturated carbocycles. The molecule has 1 aromatic carbocycles. The highest BCUT2D eigenvalue weighted by molar-refractivity contribution is 7.98. The van der Waals surface area contributed by atoms with Crippen LogP contribution in [0.4, 0.5) is 0 Å². The zero-order valence-electron chi connectivity index (χ0n) is 10.8. The molecule has 96 valence electrons. The van der Waals surface area contributed by atoms with Crippen molar-refractivity contribution in [1.82, 2.24) is 0 Å². The van der Waals surface area contributed by atoms with E-state index in [0.717, 1.165) is 28.4 Å². The molecule has 0 radical (unpaired) electrons. The van der Waals surface area contributed by atoms with Gasteiger partial charge < -0.3 is 15.2 Å². The quantitative estimate of drug-likeness (QED) is 0.761. The first kappa shape index (κ1) is 14.2. The van der Waals surface area contributed by atoms with E-state index in [-0.39, 0.29) is 0 Å². The lowest BCUT2D eigenvalue weighted by atomic mass is 10.1. The van der Waals surface area contributed by atoms with Gasteiger partial charge in [-0.15, -0.1) is 11.8 Å². The SMILES string of the molecule is CCOc1cc(CCN)cc(OCC)c1SC. The molecule has 1 aromatic rings. The van der Waals surface area contributed by atoms with Crippen molar-refractivity contribution in [2.75, 3.05) is 26.0 Å². The van der Waals surface area contributed by atoms with E-state index in [2.05, 4.69) is 12.1 Å². The van der Waals surface area contributed by atoms with E-state index < -0.39 is 0 Å². The highest BCUT2D eigenvalue weighted by Crippen LogP contribution is 2.38. The highest BCUT2D eigenvalue weighted by atomic mass is 32.2. The van der Waals surface area contributed by atoms with Crippen LogP contribution < -0.4 is 15.2 Å². The number of hydrogen-bond acceptors (Lipinski definition) is 4. The molecule has 0 unspecified atom stereocenters. The summed E-state index contributed by atoms with van der Waals surface area (Å²) in [4.78, 5) is 1.06. The molecular weight excluding hydrogens is 234 g/mol. The Morgan fingerprint density at radius 1 is 1.12 bits per heavy atom. The first-order valence-corrected chi connectivity index (χ1v) is 7.15. The van der Waals surface area contributed by atoms with Crippen molar-refractivity contribution in [3.05, 3.63) is 17.7 Å². The fraction of sp³-hybridized carbons (Fsp3) is 0.538. The second-order valence-electron chi connectivity index (χ2n) is 3.53. The predicted octanol–water partition coefficient (Wildman–Crippen LogP) is 2.71. The Morgan fingerprint density at radius 3 is 2.00 bits per heavy atom. The van der Waals surface area contributed by atoms with Crippen molar-refractivity contribution < 1.29 is 9.47 Å². The molecule has 0 saturated heterocycles. The van der Waals surface area contributed by atoms with Crippen LogP contribution in [-0.2, 0) is 6.42 Å². The fourth-order valence-electron chi connectivity index (χ4n) is 1.67. The largest absolute Gasteiger partial charge is 0.493 e. The molecule has 0 bridgehead atoms.